The fraction of sp³-hybridized carbons (Fsp3) is 0.409. The predicted octanol–water partition coefficient (Wildman–Crippen LogP) is 3.56. The molecule has 1 heterocycles. The van der Waals surface area contributed by atoms with Crippen LogP contribution in [-0.2, 0) is 11.2 Å². The average molecular weight is 351 g/mol. The molecule has 4 rings (SSSR count). The fourth-order valence-corrected chi connectivity index (χ4v) is 3.15. The molecule has 26 heavy (non-hydrogen) atoms. The minimum absolute atomic E-state index is 0.108. The Morgan fingerprint density at radius 2 is 1.85 bits per heavy atom. The first-order valence-corrected chi connectivity index (χ1v) is 9.45. The van der Waals surface area contributed by atoms with E-state index in [1.807, 2.05) is 36.4 Å². The first-order chi connectivity index (χ1) is 12.8. The lowest BCUT2D eigenvalue weighted by molar-refractivity contribution is 0.0277. The molecule has 1 unspecified atom stereocenters. The van der Waals surface area contributed by atoms with Gasteiger partial charge in [-0.05, 0) is 54.2 Å². The van der Waals surface area contributed by atoms with Crippen molar-refractivity contribution in [1.29, 1.82) is 0 Å². The number of nitrogens with one attached hydrogen (secondary N) is 1. The smallest absolute Gasteiger partial charge is 0.167 e. The Morgan fingerprint density at radius 3 is 2.50 bits per heavy atom. The van der Waals surface area contributed by atoms with Crippen molar-refractivity contribution in [1.82, 2.24) is 5.32 Å². The van der Waals surface area contributed by atoms with Crippen LogP contribution in [0.3, 0.4) is 0 Å². The second kappa shape index (κ2) is 8.02. The molecule has 1 aliphatic carbocycles. The van der Waals surface area contributed by atoms with Crippen molar-refractivity contribution in [2.45, 2.75) is 25.4 Å². The quantitative estimate of drug-likeness (QED) is 0.775. The van der Waals surface area contributed by atoms with Crippen LogP contribution >= 0.6 is 0 Å². The van der Waals surface area contributed by atoms with Crippen molar-refractivity contribution in [3.05, 3.63) is 65.2 Å². The molecule has 1 N–H and O–H groups in total. The maximum absolute atomic E-state index is 12.5. The van der Waals surface area contributed by atoms with Gasteiger partial charge >= 0.3 is 0 Å². The molecule has 1 atom stereocenters. The van der Waals surface area contributed by atoms with Crippen LogP contribution in [0.4, 0.5) is 0 Å². The summed E-state index contributed by atoms with van der Waals surface area (Å²) < 4.78 is 11.5. The average Bonchev–Trinajstić information content (AvgIpc) is 3.52. The van der Waals surface area contributed by atoms with E-state index in [1.165, 1.54) is 12.8 Å². The van der Waals surface area contributed by atoms with Gasteiger partial charge in [0.25, 0.3) is 0 Å². The highest BCUT2D eigenvalue weighted by Gasteiger charge is 2.22. The summed E-state index contributed by atoms with van der Waals surface area (Å²) in [6.07, 6.45) is 3.07. The van der Waals surface area contributed by atoms with Crippen LogP contribution in [0.15, 0.2) is 48.5 Å². The lowest BCUT2D eigenvalue weighted by Crippen LogP contribution is -2.33. The minimum Gasteiger partial charge on any atom is -0.493 e. The van der Waals surface area contributed by atoms with Gasteiger partial charge in [0.2, 0.25) is 0 Å². The summed E-state index contributed by atoms with van der Waals surface area (Å²) >= 11 is 0. The maximum atomic E-state index is 12.5. The molecule has 2 fully saturated rings. The third-order valence-corrected chi connectivity index (χ3v) is 5.00. The lowest BCUT2D eigenvalue weighted by Gasteiger charge is -2.24. The van der Waals surface area contributed by atoms with Gasteiger partial charge in [-0.1, -0.05) is 24.3 Å². The SMILES string of the molecule is O=C(Cc1ccc(C2CNCCO2)cc1)c1ccc(OCC2CC2)cc1. The molecule has 4 nitrogen and oxygen atoms in total. The summed E-state index contributed by atoms with van der Waals surface area (Å²) in [5, 5.41) is 3.34. The zero-order valence-electron chi connectivity index (χ0n) is 14.9. The van der Waals surface area contributed by atoms with Crippen LogP contribution in [0.1, 0.15) is 40.4 Å². The Morgan fingerprint density at radius 1 is 1.08 bits per heavy atom. The third-order valence-electron chi connectivity index (χ3n) is 5.00. The second-order valence-electron chi connectivity index (χ2n) is 7.18. The number of ketones is 1. The fourth-order valence-electron chi connectivity index (χ4n) is 3.15. The van der Waals surface area contributed by atoms with E-state index in [0.29, 0.717) is 6.42 Å². The van der Waals surface area contributed by atoms with Crippen molar-refractivity contribution >= 4 is 5.78 Å². The van der Waals surface area contributed by atoms with Gasteiger partial charge in [-0.25, -0.2) is 0 Å². The molecule has 0 radical (unpaired) electrons. The van der Waals surface area contributed by atoms with Crippen LogP contribution in [0.25, 0.3) is 0 Å². The maximum Gasteiger partial charge on any atom is 0.167 e. The molecule has 1 saturated heterocycles. The van der Waals surface area contributed by atoms with E-state index in [-0.39, 0.29) is 11.9 Å². The molecular formula is C22H25NO3. The van der Waals surface area contributed by atoms with Crippen LogP contribution in [0, 0.1) is 5.92 Å². The molecule has 1 saturated carbocycles. The minimum atomic E-state index is 0.108. The number of hydrogen-bond acceptors (Lipinski definition) is 4. The van der Waals surface area contributed by atoms with Crippen molar-refractivity contribution in [2.24, 2.45) is 5.92 Å². The van der Waals surface area contributed by atoms with Gasteiger partial charge in [0.05, 0.1) is 19.3 Å². The van der Waals surface area contributed by atoms with E-state index < -0.39 is 0 Å². The summed E-state index contributed by atoms with van der Waals surface area (Å²) in [5.41, 5.74) is 2.91. The van der Waals surface area contributed by atoms with Crippen molar-refractivity contribution in [2.75, 3.05) is 26.3 Å². The predicted molar refractivity (Wildman–Crippen MR) is 101 cm³/mol. The van der Waals surface area contributed by atoms with Gasteiger partial charge in [0, 0.05) is 25.1 Å². The van der Waals surface area contributed by atoms with Crippen molar-refractivity contribution in [3.63, 3.8) is 0 Å². The molecule has 0 amide bonds. The number of carbonyl (C=O) groups is 1. The van der Waals surface area contributed by atoms with Gasteiger partial charge in [-0.2, -0.15) is 0 Å². The molecule has 2 aliphatic rings. The Labute approximate surface area is 154 Å². The van der Waals surface area contributed by atoms with Crippen LogP contribution in [-0.4, -0.2) is 32.1 Å². The number of Topliss-reactive ketones (excluding diaryl/α,β-unsaturated/α-hetero) is 1. The molecule has 1 aliphatic heterocycles. The van der Waals surface area contributed by atoms with Crippen molar-refractivity contribution < 1.29 is 14.3 Å². The van der Waals surface area contributed by atoms with Gasteiger partial charge in [-0.3, -0.25) is 4.79 Å². The zero-order chi connectivity index (χ0) is 17.8. The van der Waals surface area contributed by atoms with E-state index in [9.17, 15) is 4.79 Å². The van der Waals surface area contributed by atoms with E-state index >= 15 is 0 Å². The Balaban J connectivity index is 1.33. The second-order valence-corrected chi connectivity index (χ2v) is 7.18. The summed E-state index contributed by atoms with van der Waals surface area (Å²) in [6.45, 7) is 3.28. The number of ether oxygens (including phenoxy) is 2. The molecule has 2 aromatic carbocycles. The van der Waals surface area contributed by atoms with E-state index in [2.05, 4.69) is 17.4 Å². The molecular weight excluding hydrogens is 326 g/mol. The Kier molecular flexibility index (Phi) is 5.32. The van der Waals surface area contributed by atoms with Crippen LogP contribution in [0.5, 0.6) is 5.75 Å². The Bertz CT molecular complexity index is 729. The van der Waals surface area contributed by atoms with Gasteiger partial charge in [-0.15, -0.1) is 0 Å². The number of hydrogen-bond donors (Lipinski definition) is 1. The normalized spacial score (nSPS) is 19.9. The van der Waals surface area contributed by atoms with Gasteiger partial charge < -0.3 is 14.8 Å². The highest BCUT2D eigenvalue weighted by Crippen LogP contribution is 2.29. The molecule has 0 spiro atoms. The van der Waals surface area contributed by atoms with E-state index in [1.54, 1.807) is 0 Å². The van der Waals surface area contributed by atoms with E-state index in [4.69, 9.17) is 9.47 Å². The topological polar surface area (TPSA) is 47.6 Å². The highest BCUT2D eigenvalue weighted by molar-refractivity contribution is 5.97. The number of carbonyl (C=O) groups excluding carboxylic acids is 1. The summed E-state index contributed by atoms with van der Waals surface area (Å²) in [7, 11) is 0. The van der Waals surface area contributed by atoms with Crippen LogP contribution < -0.4 is 10.1 Å². The summed E-state index contributed by atoms with van der Waals surface area (Å²) in [6, 6.07) is 15.7. The van der Waals surface area contributed by atoms with Crippen molar-refractivity contribution in [3.8, 4) is 5.75 Å². The molecule has 0 aromatic heterocycles. The zero-order valence-corrected chi connectivity index (χ0v) is 14.9. The number of benzene rings is 2. The first-order valence-electron chi connectivity index (χ1n) is 9.45. The molecule has 4 heteroatoms. The summed E-state index contributed by atoms with van der Waals surface area (Å²) in [5.74, 6) is 1.70. The molecule has 0 bridgehead atoms. The van der Waals surface area contributed by atoms with Gasteiger partial charge in [0.15, 0.2) is 5.78 Å². The standard InChI is InChI=1S/C22H25NO3/c24-21(18-7-9-20(10-8-18)26-15-17-1-2-17)13-16-3-5-19(6-4-16)22-14-23-11-12-25-22/h3-10,17,22-23H,1-2,11-15H2. The van der Waals surface area contributed by atoms with Crippen LogP contribution in [0.2, 0.25) is 0 Å². The van der Waals surface area contributed by atoms with E-state index in [0.717, 1.165) is 54.7 Å². The molecule has 2 aromatic rings. The largest absolute Gasteiger partial charge is 0.493 e. The Hall–Kier alpha value is -2.17. The summed E-state index contributed by atoms with van der Waals surface area (Å²) in [4.78, 5) is 12.5. The monoisotopic (exact) mass is 351 g/mol. The number of morpholine rings is 1. The lowest BCUT2D eigenvalue weighted by atomic mass is 10.0. The number of rotatable bonds is 7. The third kappa shape index (κ3) is 4.51. The molecule has 136 valence electrons. The first kappa shape index (κ1) is 17.3. The highest BCUT2D eigenvalue weighted by atomic mass is 16.5. The van der Waals surface area contributed by atoms with Gasteiger partial charge in [0.1, 0.15) is 5.75 Å².